The quantitative estimate of drug-likeness (QED) is 0.700. The lowest BCUT2D eigenvalue weighted by Crippen LogP contribution is -1.91. The SMILES string of the molecule is Nc1ccc(Oc2nccc3ccc(O)cc23)cc1Cl. The molecule has 0 unspecified atom stereocenters. The lowest BCUT2D eigenvalue weighted by atomic mass is 10.1. The van der Waals surface area contributed by atoms with Gasteiger partial charge in [-0.05, 0) is 35.7 Å². The molecule has 0 aliphatic heterocycles. The summed E-state index contributed by atoms with van der Waals surface area (Å²) in [7, 11) is 0. The Balaban J connectivity index is 2.05. The third-order valence-electron chi connectivity index (χ3n) is 2.90. The van der Waals surface area contributed by atoms with Gasteiger partial charge in [-0.15, -0.1) is 0 Å². The highest BCUT2D eigenvalue weighted by atomic mass is 35.5. The standard InChI is InChI=1S/C15H11ClN2O2/c16-13-8-11(3-4-14(13)17)20-15-12-7-10(19)2-1-9(12)5-6-18-15/h1-8,19H,17H2. The molecule has 0 amide bonds. The van der Waals surface area contributed by atoms with E-state index in [0.717, 1.165) is 10.8 Å². The van der Waals surface area contributed by atoms with E-state index in [0.29, 0.717) is 22.3 Å². The Morgan fingerprint density at radius 3 is 2.75 bits per heavy atom. The molecule has 3 aromatic rings. The third kappa shape index (κ3) is 2.33. The molecule has 4 nitrogen and oxygen atoms in total. The number of hydrogen-bond acceptors (Lipinski definition) is 4. The fraction of sp³-hybridized carbons (Fsp3) is 0. The number of halogens is 1. The Morgan fingerprint density at radius 2 is 1.95 bits per heavy atom. The molecule has 0 saturated carbocycles. The molecule has 1 heterocycles. The van der Waals surface area contributed by atoms with Crippen LogP contribution in [0.2, 0.25) is 5.02 Å². The highest BCUT2D eigenvalue weighted by molar-refractivity contribution is 6.33. The molecule has 0 aliphatic rings. The summed E-state index contributed by atoms with van der Waals surface area (Å²) < 4.78 is 5.72. The zero-order valence-corrected chi connectivity index (χ0v) is 11.1. The number of nitrogen functional groups attached to an aromatic ring is 1. The first-order valence-corrected chi connectivity index (χ1v) is 6.32. The molecule has 0 bridgehead atoms. The number of anilines is 1. The van der Waals surface area contributed by atoms with Gasteiger partial charge in [0.05, 0.1) is 10.7 Å². The number of aromatic hydroxyl groups is 1. The van der Waals surface area contributed by atoms with E-state index in [1.54, 1.807) is 42.6 Å². The molecule has 100 valence electrons. The summed E-state index contributed by atoms with van der Waals surface area (Å²) in [5.41, 5.74) is 6.14. The van der Waals surface area contributed by atoms with E-state index in [-0.39, 0.29) is 5.75 Å². The Morgan fingerprint density at radius 1 is 1.10 bits per heavy atom. The van der Waals surface area contributed by atoms with Gasteiger partial charge in [0.15, 0.2) is 0 Å². The second kappa shape index (κ2) is 4.90. The van der Waals surface area contributed by atoms with Crippen molar-refractivity contribution in [3.63, 3.8) is 0 Å². The predicted molar refractivity (Wildman–Crippen MR) is 79.3 cm³/mol. The molecular formula is C15H11ClN2O2. The van der Waals surface area contributed by atoms with Crippen LogP contribution in [0.15, 0.2) is 48.7 Å². The average molecular weight is 287 g/mol. The predicted octanol–water partition coefficient (Wildman–Crippen LogP) is 3.97. The van der Waals surface area contributed by atoms with Crippen LogP contribution in [0.4, 0.5) is 5.69 Å². The van der Waals surface area contributed by atoms with Crippen LogP contribution in [-0.4, -0.2) is 10.1 Å². The number of phenolic OH excluding ortho intramolecular Hbond substituents is 1. The Kier molecular flexibility index (Phi) is 3.08. The summed E-state index contributed by atoms with van der Waals surface area (Å²) in [6.45, 7) is 0. The molecule has 0 saturated heterocycles. The zero-order chi connectivity index (χ0) is 14.1. The molecule has 0 spiro atoms. The molecule has 3 N–H and O–H groups in total. The van der Waals surface area contributed by atoms with Crippen LogP contribution in [0.5, 0.6) is 17.4 Å². The number of ether oxygens (including phenoxy) is 1. The van der Waals surface area contributed by atoms with Crippen molar-refractivity contribution < 1.29 is 9.84 Å². The van der Waals surface area contributed by atoms with Crippen molar-refractivity contribution in [3.8, 4) is 17.4 Å². The molecule has 3 rings (SSSR count). The first-order chi connectivity index (χ1) is 9.63. The van der Waals surface area contributed by atoms with E-state index in [2.05, 4.69) is 4.98 Å². The second-order valence-corrected chi connectivity index (χ2v) is 4.71. The number of phenols is 1. The van der Waals surface area contributed by atoms with Crippen LogP contribution in [0.3, 0.4) is 0 Å². The first-order valence-electron chi connectivity index (χ1n) is 5.94. The van der Waals surface area contributed by atoms with Gasteiger partial charge < -0.3 is 15.6 Å². The highest BCUT2D eigenvalue weighted by Crippen LogP contribution is 2.32. The van der Waals surface area contributed by atoms with Gasteiger partial charge >= 0.3 is 0 Å². The molecule has 20 heavy (non-hydrogen) atoms. The van der Waals surface area contributed by atoms with Crippen molar-refractivity contribution in [2.24, 2.45) is 0 Å². The van der Waals surface area contributed by atoms with Crippen molar-refractivity contribution in [1.82, 2.24) is 4.98 Å². The minimum atomic E-state index is 0.158. The van der Waals surface area contributed by atoms with Gasteiger partial charge in [-0.3, -0.25) is 0 Å². The zero-order valence-electron chi connectivity index (χ0n) is 10.4. The molecule has 0 atom stereocenters. The summed E-state index contributed by atoms with van der Waals surface area (Å²) in [4.78, 5) is 4.19. The number of benzene rings is 2. The molecule has 5 heteroatoms. The lowest BCUT2D eigenvalue weighted by molar-refractivity contribution is 0.465. The van der Waals surface area contributed by atoms with Crippen molar-refractivity contribution in [2.75, 3.05) is 5.73 Å². The third-order valence-corrected chi connectivity index (χ3v) is 3.23. The van der Waals surface area contributed by atoms with Crippen molar-refractivity contribution in [1.29, 1.82) is 0 Å². The monoisotopic (exact) mass is 286 g/mol. The smallest absolute Gasteiger partial charge is 0.227 e. The van der Waals surface area contributed by atoms with Crippen molar-refractivity contribution >= 4 is 28.1 Å². The van der Waals surface area contributed by atoms with Gasteiger partial charge in [-0.2, -0.15) is 0 Å². The summed E-state index contributed by atoms with van der Waals surface area (Å²) in [6, 6.07) is 11.9. The highest BCUT2D eigenvalue weighted by Gasteiger charge is 2.07. The normalized spacial score (nSPS) is 10.7. The van der Waals surface area contributed by atoms with Crippen molar-refractivity contribution in [3.05, 3.63) is 53.7 Å². The van der Waals surface area contributed by atoms with Crippen molar-refractivity contribution in [2.45, 2.75) is 0 Å². The average Bonchev–Trinajstić information content (AvgIpc) is 2.44. The van der Waals surface area contributed by atoms with Crippen LogP contribution >= 0.6 is 11.6 Å². The van der Waals surface area contributed by atoms with Gasteiger partial charge in [0, 0.05) is 17.6 Å². The maximum atomic E-state index is 9.58. The number of rotatable bonds is 2. The molecule has 0 fully saturated rings. The fourth-order valence-corrected chi connectivity index (χ4v) is 2.06. The Hall–Kier alpha value is -2.46. The van der Waals surface area contributed by atoms with Gasteiger partial charge in [0.25, 0.3) is 0 Å². The van der Waals surface area contributed by atoms with Gasteiger partial charge in [-0.1, -0.05) is 17.7 Å². The Labute approximate surface area is 120 Å². The van der Waals surface area contributed by atoms with E-state index in [9.17, 15) is 5.11 Å². The number of pyridine rings is 1. The van der Waals surface area contributed by atoms with E-state index < -0.39 is 0 Å². The molecular weight excluding hydrogens is 276 g/mol. The van der Waals surface area contributed by atoms with Gasteiger partial charge in [-0.25, -0.2) is 4.98 Å². The van der Waals surface area contributed by atoms with E-state index in [1.165, 1.54) is 0 Å². The maximum Gasteiger partial charge on any atom is 0.227 e. The van der Waals surface area contributed by atoms with Crippen LogP contribution in [0.1, 0.15) is 0 Å². The number of hydrogen-bond donors (Lipinski definition) is 2. The lowest BCUT2D eigenvalue weighted by Gasteiger charge is -2.09. The molecule has 0 radical (unpaired) electrons. The summed E-state index contributed by atoms with van der Waals surface area (Å²) >= 11 is 5.96. The van der Waals surface area contributed by atoms with Crippen LogP contribution in [-0.2, 0) is 0 Å². The van der Waals surface area contributed by atoms with E-state index >= 15 is 0 Å². The largest absolute Gasteiger partial charge is 0.508 e. The van der Waals surface area contributed by atoms with E-state index in [4.69, 9.17) is 22.1 Å². The number of nitrogens with two attached hydrogens (primary N) is 1. The fourth-order valence-electron chi connectivity index (χ4n) is 1.89. The molecule has 2 aromatic carbocycles. The van der Waals surface area contributed by atoms with Gasteiger partial charge in [0.2, 0.25) is 5.88 Å². The topological polar surface area (TPSA) is 68.4 Å². The number of aromatic nitrogens is 1. The minimum absolute atomic E-state index is 0.158. The molecule has 1 aromatic heterocycles. The van der Waals surface area contributed by atoms with Crippen LogP contribution in [0, 0.1) is 0 Å². The summed E-state index contributed by atoms with van der Waals surface area (Å²) in [6.07, 6.45) is 1.65. The first kappa shape index (κ1) is 12.6. The number of nitrogens with zero attached hydrogens (tertiary/aromatic N) is 1. The molecule has 0 aliphatic carbocycles. The van der Waals surface area contributed by atoms with Crippen LogP contribution in [0.25, 0.3) is 10.8 Å². The van der Waals surface area contributed by atoms with Gasteiger partial charge in [0.1, 0.15) is 11.5 Å². The maximum absolute atomic E-state index is 9.58. The minimum Gasteiger partial charge on any atom is -0.508 e. The summed E-state index contributed by atoms with van der Waals surface area (Å²) in [5.74, 6) is 1.09. The number of fused-ring (bicyclic) bond motifs is 1. The Bertz CT molecular complexity index is 790. The summed E-state index contributed by atoms with van der Waals surface area (Å²) in [5, 5.41) is 11.7. The van der Waals surface area contributed by atoms with Crippen LogP contribution < -0.4 is 10.5 Å². The second-order valence-electron chi connectivity index (χ2n) is 4.31. The van der Waals surface area contributed by atoms with E-state index in [1.807, 2.05) is 6.07 Å².